The molecule has 0 radical (unpaired) electrons. The Morgan fingerprint density at radius 1 is 1.11 bits per heavy atom. The molecule has 3 aromatic rings. The van der Waals surface area contributed by atoms with Gasteiger partial charge >= 0.3 is 0 Å². The molecular weight excluding hydrogens is 383 g/mol. The van der Waals surface area contributed by atoms with E-state index >= 15 is 0 Å². The summed E-state index contributed by atoms with van der Waals surface area (Å²) in [6.07, 6.45) is 5.75. The summed E-state index contributed by atoms with van der Waals surface area (Å²) in [6.45, 7) is 0. The number of hydrogen-bond acceptors (Lipinski definition) is 6. The van der Waals surface area contributed by atoms with E-state index in [0.29, 0.717) is 22.1 Å². The van der Waals surface area contributed by atoms with Gasteiger partial charge in [-0.05, 0) is 48.4 Å². The molecule has 2 aliphatic rings. The Kier molecular flexibility index (Phi) is 4.01. The lowest BCUT2D eigenvalue weighted by Crippen LogP contribution is -2.27. The predicted molar refractivity (Wildman–Crippen MR) is 103 cm³/mol. The van der Waals surface area contributed by atoms with Crippen LogP contribution in [0.25, 0.3) is 11.4 Å². The maximum Gasteiger partial charge on any atom is 0.208 e. The number of hydrogen-bond donors (Lipinski definition) is 2. The molecule has 0 atom stereocenters. The fourth-order valence-electron chi connectivity index (χ4n) is 4.03. The lowest BCUT2D eigenvalue weighted by Gasteiger charge is -2.33. The highest BCUT2D eigenvalue weighted by Gasteiger charge is 2.41. The molecule has 1 saturated carbocycles. The molecule has 28 heavy (non-hydrogen) atoms. The van der Waals surface area contributed by atoms with E-state index in [2.05, 4.69) is 25.9 Å². The third kappa shape index (κ3) is 2.72. The fraction of sp³-hybridized carbons (Fsp3) is 0.263. The second kappa shape index (κ2) is 6.56. The van der Waals surface area contributed by atoms with Crippen LogP contribution in [0.5, 0.6) is 11.5 Å². The van der Waals surface area contributed by atoms with Crippen LogP contribution in [-0.4, -0.2) is 27.0 Å². The van der Waals surface area contributed by atoms with Crippen LogP contribution in [-0.2, 0) is 5.54 Å². The molecule has 9 heteroatoms. The van der Waals surface area contributed by atoms with Gasteiger partial charge in [-0.1, -0.05) is 24.4 Å². The quantitative estimate of drug-likeness (QED) is 0.669. The van der Waals surface area contributed by atoms with Gasteiger partial charge in [-0.2, -0.15) is 5.21 Å². The molecule has 2 aromatic carbocycles. The lowest BCUT2D eigenvalue weighted by molar-refractivity contribution is 0.418. The van der Waals surface area contributed by atoms with Crippen molar-refractivity contribution in [1.82, 2.24) is 20.6 Å². The number of nitrogens with zero attached hydrogens (tertiary/aromatic N) is 4. The summed E-state index contributed by atoms with van der Waals surface area (Å²) in [5.41, 5.74) is 1.79. The van der Waals surface area contributed by atoms with Crippen molar-refractivity contribution in [2.45, 2.75) is 31.2 Å². The SMILES string of the molecule is Fc1ccc(Oc2ccc(Cl)c3c2C2(CCCC2)N=CN3)c(-c2nn[nH]n2)c1. The summed E-state index contributed by atoms with van der Waals surface area (Å²) in [5.74, 6) is 0.893. The van der Waals surface area contributed by atoms with Gasteiger partial charge in [0.05, 0.1) is 28.2 Å². The first-order valence-electron chi connectivity index (χ1n) is 9.01. The van der Waals surface area contributed by atoms with Crippen LogP contribution in [0.2, 0.25) is 5.02 Å². The third-order valence-electron chi connectivity index (χ3n) is 5.28. The van der Waals surface area contributed by atoms with E-state index in [1.54, 1.807) is 18.5 Å². The van der Waals surface area contributed by atoms with E-state index in [-0.39, 0.29) is 11.4 Å². The number of H-pyrrole nitrogens is 1. The van der Waals surface area contributed by atoms with E-state index in [9.17, 15) is 4.39 Å². The number of rotatable bonds is 3. The van der Waals surface area contributed by atoms with Crippen LogP contribution in [0.1, 0.15) is 31.2 Å². The highest BCUT2D eigenvalue weighted by Crippen LogP contribution is 2.53. The first kappa shape index (κ1) is 17.1. The van der Waals surface area contributed by atoms with Crippen molar-refractivity contribution in [2.75, 3.05) is 5.32 Å². The van der Waals surface area contributed by atoms with E-state index in [1.165, 1.54) is 12.1 Å². The van der Waals surface area contributed by atoms with Crippen LogP contribution in [0, 0.1) is 5.82 Å². The molecule has 0 bridgehead atoms. The topological polar surface area (TPSA) is 88.1 Å². The Labute approximate surface area is 165 Å². The molecule has 1 fully saturated rings. The minimum atomic E-state index is -0.413. The molecule has 5 rings (SSSR count). The molecule has 1 spiro atoms. The molecule has 2 N–H and O–H groups in total. The first-order valence-corrected chi connectivity index (χ1v) is 9.38. The minimum Gasteiger partial charge on any atom is -0.456 e. The van der Waals surface area contributed by atoms with Gasteiger partial charge in [0.15, 0.2) is 0 Å². The average Bonchev–Trinajstić information content (AvgIpc) is 3.38. The summed E-state index contributed by atoms with van der Waals surface area (Å²) in [7, 11) is 0. The monoisotopic (exact) mass is 398 g/mol. The highest BCUT2D eigenvalue weighted by atomic mass is 35.5. The van der Waals surface area contributed by atoms with Crippen molar-refractivity contribution >= 4 is 23.6 Å². The normalized spacial score (nSPS) is 16.8. The Hall–Kier alpha value is -3.00. The largest absolute Gasteiger partial charge is 0.456 e. The second-order valence-corrected chi connectivity index (χ2v) is 7.32. The number of tetrazole rings is 1. The molecule has 0 amide bonds. The maximum absolute atomic E-state index is 13.9. The number of nitrogens with one attached hydrogen (secondary N) is 2. The van der Waals surface area contributed by atoms with Gasteiger partial charge < -0.3 is 10.1 Å². The van der Waals surface area contributed by atoms with Gasteiger partial charge in [-0.15, -0.1) is 10.2 Å². The second-order valence-electron chi connectivity index (χ2n) is 6.91. The standard InChI is InChI=1S/C19H16ClFN6O/c20-13-4-6-15(16-17(13)22-10-23-19(16)7-1-2-8-19)28-14-5-3-11(21)9-12(14)18-24-26-27-25-18/h3-6,9-10H,1-2,7-8H2,(H,22,23)(H,24,25,26,27). The number of fused-ring (bicyclic) bond motifs is 2. The number of halogens is 2. The average molecular weight is 399 g/mol. The first-order chi connectivity index (χ1) is 13.7. The van der Waals surface area contributed by atoms with E-state index in [0.717, 1.165) is 36.9 Å². The van der Waals surface area contributed by atoms with Gasteiger partial charge in [0, 0.05) is 5.56 Å². The van der Waals surface area contributed by atoms with Crippen molar-refractivity contribution in [2.24, 2.45) is 4.99 Å². The third-order valence-corrected chi connectivity index (χ3v) is 5.60. The molecule has 0 saturated heterocycles. The Morgan fingerprint density at radius 2 is 1.93 bits per heavy atom. The number of benzene rings is 2. The van der Waals surface area contributed by atoms with Crippen molar-refractivity contribution in [3.05, 3.63) is 46.7 Å². The highest BCUT2D eigenvalue weighted by molar-refractivity contribution is 6.34. The Bertz CT molecular complexity index is 1060. The number of anilines is 1. The molecule has 2 heterocycles. The van der Waals surface area contributed by atoms with Crippen LogP contribution in [0.3, 0.4) is 0 Å². The zero-order valence-corrected chi connectivity index (χ0v) is 15.5. The molecular formula is C19H16ClFN6O. The summed E-state index contributed by atoms with van der Waals surface area (Å²) in [6, 6.07) is 7.82. The molecule has 142 valence electrons. The predicted octanol–water partition coefficient (Wildman–Crippen LogP) is 4.67. The van der Waals surface area contributed by atoms with Gasteiger partial charge in [-0.25, -0.2) is 4.39 Å². The maximum atomic E-state index is 13.9. The Morgan fingerprint density at radius 3 is 2.71 bits per heavy atom. The molecule has 1 aliphatic heterocycles. The minimum absolute atomic E-state index is 0.254. The van der Waals surface area contributed by atoms with Gasteiger partial charge in [0.2, 0.25) is 5.82 Å². The number of aromatic nitrogens is 4. The van der Waals surface area contributed by atoms with Crippen molar-refractivity contribution < 1.29 is 9.13 Å². The molecule has 0 unspecified atom stereocenters. The van der Waals surface area contributed by atoms with Crippen molar-refractivity contribution in [1.29, 1.82) is 0 Å². The summed E-state index contributed by atoms with van der Waals surface area (Å²) in [4.78, 5) is 4.76. The Balaban J connectivity index is 1.64. The van der Waals surface area contributed by atoms with E-state index in [4.69, 9.17) is 21.3 Å². The summed E-state index contributed by atoms with van der Waals surface area (Å²) in [5, 5.41) is 17.6. The zero-order chi connectivity index (χ0) is 19.1. The van der Waals surface area contributed by atoms with E-state index < -0.39 is 5.82 Å². The zero-order valence-electron chi connectivity index (χ0n) is 14.7. The fourth-order valence-corrected chi connectivity index (χ4v) is 4.24. The van der Waals surface area contributed by atoms with Gasteiger partial charge in [-0.3, -0.25) is 4.99 Å². The van der Waals surface area contributed by atoms with Crippen LogP contribution in [0.4, 0.5) is 10.1 Å². The lowest BCUT2D eigenvalue weighted by atomic mass is 9.85. The van der Waals surface area contributed by atoms with Gasteiger partial charge in [0.1, 0.15) is 17.3 Å². The number of ether oxygens (including phenoxy) is 1. The molecule has 7 nitrogen and oxygen atoms in total. The van der Waals surface area contributed by atoms with Crippen LogP contribution in [0.15, 0.2) is 35.3 Å². The van der Waals surface area contributed by atoms with Crippen molar-refractivity contribution in [3.63, 3.8) is 0 Å². The number of aromatic amines is 1. The van der Waals surface area contributed by atoms with Crippen LogP contribution < -0.4 is 10.1 Å². The molecule has 1 aliphatic carbocycles. The van der Waals surface area contributed by atoms with Crippen LogP contribution >= 0.6 is 11.6 Å². The number of aliphatic imine (C=N–C) groups is 1. The smallest absolute Gasteiger partial charge is 0.208 e. The van der Waals surface area contributed by atoms with Crippen molar-refractivity contribution in [3.8, 4) is 22.9 Å². The summed E-state index contributed by atoms with van der Waals surface area (Å²) >= 11 is 6.45. The molecule has 1 aromatic heterocycles. The summed E-state index contributed by atoms with van der Waals surface area (Å²) < 4.78 is 20.1. The van der Waals surface area contributed by atoms with Gasteiger partial charge in [0.25, 0.3) is 0 Å². The van der Waals surface area contributed by atoms with E-state index in [1.807, 2.05) is 6.07 Å².